The molecular weight excluding hydrogens is 312 g/mol. The minimum Gasteiger partial charge on any atom is -0.464 e. The van der Waals surface area contributed by atoms with E-state index in [0.717, 1.165) is 38.3 Å². The Bertz CT molecular complexity index is 465. The molecule has 7 heteroatoms. The number of thioether (sulfide) groups is 1. The largest absolute Gasteiger partial charge is 0.464 e. The van der Waals surface area contributed by atoms with E-state index >= 15 is 0 Å². The average Bonchev–Trinajstić information content (AvgIpc) is 3.17. The minimum atomic E-state index is -2.36. The third kappa shape index (κ3) is 4.44. The SMILES string of the molecule is FC(F)SCc1ccc(CN2CCO[C@H]([C@@H]3CCCO3)C2)o1. The van der Waals surface area contributed by atoms with Gasteiger partial charge >= 0.3 is 0 Å². The van der Waals surface area contributed by atoms with E-state index in [2.05, 4.69) is 4.90 Å². The fourth-order valence-corrected chi connectivity index (χ4v) is 3.39. The van der Waals surface area contributed by atoms with Gasteiger partial charge in [-0.3, -0.25) is 4.90 Å². The summed E-state index contributed by atoms with van der Waals surface area (Å²) < 4.78 is 41.5. The Hall–Kier alpha value is -0.630. The van der Waals surface area contributed by atoms with Gasteiger partial charge in [-0.1, -0.05) is 11.8 Å². The number of hydrogen-bond acceptors (Lipinski definition) is 5. The van der Waals surface area contributed by atoms with Crippen molar-refractivity contribution in [1.82, 2.24) is 4.90 Å². The summed E-state index contributed by atoms with van der Waals surface area (Å²) in [5.41, 5.74) is 0. The van der Waals surface area contributed by atoms with Gasteiger partial charge in [0.15, 0.2) is 0 Å². The Balaban J connectivity index is 1.49. The molecule has 124 valence electrons. The first-order chi connectivity index (χ1) is 10.7. The van der Waals surface area contributed by atoms with Gasteiger partial charge in [-0.25, -0.2) is 0 Å². The molecule has 3 heterocycles. The van der Waals surface area contributed by atoms with E-state index in [4.69, 9.17) is 13.9 Å². The molecule has 2 fully saturated rings. The fraction of sp³-hybridized carbons (Fsp3) is 0.733. The van der Waals surface area contributed by atoms with Crippen molar-refractivity contribution in [3.05, 3.63) is 23.7 Å². The van der Waals surface area contributed by atoms with E-state index in [9.17, 15) is 8.78 Å². The summed E-state index contributed by atoms with van der Waals surface area (Å²) in [5.74, 6) is -0.735. The van der Waals surface area contributed by atoms with Crippen LogP contribution < -0.4 is 0 Å². The molecule has 4 nitrogen and oxygen atoms in total. The van der Waals surface area contributed by atoms with E-state index in [0.29, 0.717) is 30.7 Å². The lowest BCUT2D eigenvalue weighted by molar-refractivity contribution is -0.0968. The van der Waals surface area contributed by atoms with Crippen molar-refractivity contribution in [2.45, 2.75) is 43.1 Å². The van der Waals surface area contributed by atoms with Crippen LogP contribution in [0.4, 0.5) is 8.78 Å². The third-order valence-electron chi connectivity index (χ3n) is 4.01. The van der Waals surface area contributed by atoms with Crippen molar-refractivity contribution in [2.75, 3.05) is 26.3 Å². The van der Waals surface area contributed by atoms with Crippen molar-refractivity contribution >= 4 is 11.8 Å². The number of alkyl halides is 2. The zero-order chi connectivity index (χ0) is 15.4. The third-order valence-corrected chi connectivity index (χ3v) is 4.71. The monoisotopic (exact) mass is 333 g/mol. The van der Waals surface area contributed by atoms with Crippen LogP contribution in [0.25, 0.3) is 0 Å². The molecule has 0 amide bonds. The second kappa shape index (κ2) is 7.77. The van der Waals surface area contributed by atoms with Crippen molar-refractivity contribution in [2.24, 2.45) is 0 Å². The molecular formula is C15H21F2NO3S. The molecule has 0 saturated carbocycles. The first kappa shape index (κ1) is 16.2. The fourth-order valence-electron chi connectivity index (χ4n) is 2.95. The summed E-state index contributed by atoms with van der Waals surface area (Å²) in [6.07, 6.45) is 2.50. The summed E-state index contributed by atoms with van der Waals surface area (Å²) in [7, 11) is 0. The Labute approximate surface area is 133 Å². The average molecular weight is 333 g/mol. The van der Waals surface area contributed by atoms with Gasteiger partial charge in [0.2, 0.25) is 0 Å². The molecule has 1 aromatic rings. The van der Waals surface area contributed by atoms with Crippen LogP contribution in [0.15, 0.2) is 16.5 Å². The highest BCUT2D eigenvalue weighted by Crippen LogP contribution is 2.24. The molecule has 2 saturated heterocycles. The molecule has 2 aliphatic heterocycles. The molecule has 2 aliphatic rings. The molecule has 0 spiro atoms. The molecule has 0 bridgehead atoms. The Morgan fingerprint density at radius 2 is 2.00 bits per heavy atom. The van der Waals surface area contributed by atoms with Crippen LogP contribution in [-0.4, -0.2) is 49.2 Å². The Kier molecular flexibility index (Phi) is 5.73. The van der Waals surface area contributed by atoms with Crippen LogP contribution in [0.2, 0.25) is 0 Å². The van der Waals surface area contributed by atoms with E-state index in [-0.39, 0.29) is 18.0 Å². The van der Waals surface area contributed by atoms with Crippen LogP contribution in [0.1, 0.15) is 24.4 Å². The van der Waals surface area contributed by atoms with Crippen LogP contribution >= 0.6 is 11.8 Å². The van der Waals surface area contributed by atoms with Gasteiger partial charge < -0.3 is 13.9 Å². The zero-order valence-corrected chi connectivity index (χ0v) is 13.2. The predicted octanol–water partition coefficient (Wildman–Crippen LogP) is 3.12. The van der Waals surface area contributed by atoms with E-state index in [1.54, 1.807) is 6.07 Å². The molecule has 0 N–H and O–H groups in total. The van der Waals surface area contributed by atoms with Crippen LogP contribution in [-0.2, 0) is 21.8 Å². The smallest absolute Gasteiger partial charge is 0.284 e. The molecule has 0 aliphatic carbocycles. The molecule has 0 aromatic carbocycles. The zero-order valence-electron chi connectivity index (χ0n) is 12.4. The quantitative estimate of drug-likeness (QED) is 0.799. The van der Waals surface area contributed by atoms with Crippen molar-refractivity contribution in [3.8, 4) is 0 Å². The first-order valence-electron chi connectivity index (χ1n) is 7.63. The number of nitrogens with zero attached hydrogens (tertiary/aromatic N) is 1. The Morgan fingerprint density at radius 1 is 1.18 bits per heavy atom. The van der Waals surface area contributed by atoms with Crippen LogP contribution in [0.5, 0.6) is 0 Å². The first-order valence-corrected chi connectivity index (χ1v) is 8.68. The number of morpholine rings is 1. The number of hydrogen-bond donors (Lipinski definition) is 0. The van der Waals surface area contributed by atoms with Crippen molar-refractivity contribution in [1.29, 1.82) is 0 Å². The lowest BCUT2D eigenvalue weighted by Crippen LogP contribution is -2.47. The standard InChI is InChI=1S/C15H21F2NO3S/c16-15(17)22-10-12-4-3-11(21-12)8-18-5-7-20-14(9-18)13-2-1-6-19-13/h3-4,13-15H,1-2,5-10H2/t13-,14-/m0/s1. The maximum atomic E-state index is 12.2. The summed E-state index contributed by atoms with van der Waals surface area (Å²) >= 11 is 0.584. The molecule has 2 atom stereocenters. The van der Waals surface area contributed by atoms with Gasteiger partial charge in [-0.05, 0) is 25.0 Å². The van der Waals surface area contributed by atoms with Gasteiger partial charge in [-0.2, -0.15) is 8.78 Å². The summed E-state index contributed by atoms with van der Waals surface area (Å²) in [6, 6.07) is 3.65. The van der Waals surface area contributed by atoms with Crippen molar-refractivity contribution < 1.29 is 22.7 Å². The lowest BCUT2D eigenvalue weighted by atomic mass is 10.1. The highest BCUT2D eigenvalue weighted by Gasteiger charge is 2.31. The van der Waals surface area contributed by atoms with Crippen molar-refractivity contribution in [3.63, 3.8) is 0 Å². The predicted molar refractivity (Wildman–Crippen MR) is 80.0 cm³/mol. The minimum absolute atomic E-state index is 0.125. The summed E-state index contributed by atoms with van der Waals surface area (Å²) in [4.78, 5) is 2.28. The van der Waals surface area contributed by atoms with Crippen LogP contribution in [0, 0.1) is 0 Å². The molecule has 3 rings (SSSR count). The lowest BCUT2D eigenvalue weighted by Gasteiger charge is -2.34. The van der Waals surface area contributed by atoms with E-state index < -0.39 is 5.76 Å². The topological polar surface area (TPSA) is 34.8 Å². The normalized spacial score (nSPS) is 26.9. The van der Waals surface area contributed by atoms with Gasteiger partial charge in [0.1, 0.15) is 11.5 Å². The van der Waals surface area contributed by atoms with Gasteiger partial charge in [-0.15, -0.1) is 0 Å². The molecule has 22 heavy (non-hydrogen) atoms. The molecule has 0 radical (unpaired) electrons. The van der Waals surface area contributed by atoms with E-state index in [1.165, 1.54) is 0 Å². The maximum absolute atomic E-state index is 12.2. The highest BCUT2D eigenvalue weighted by molar-refractivity contribution is 7.98. The van der Waals surface area contributed by atoms with Gasteiger partial charge in [0.05, 0.1) is 31.1 Å². The molecule has 1 aromatic heterocycles. The number of rotatable bonds is 6. The van der Waals surface area contributed by atoms with Crippen LogP contribution in [0.3, 0.4) is 0 Å². The van der Waals surface area contributed by atoms with E-state index in [1.807, 2.05) is 6.07 Å². The number of ether oxygens (including phenoxy) is 2. The summed E-state index contributed by atoms with van der Waals surface area (Å²) in [5, 5.41) is 0. The highest BCUT2D eigenvalue weighted by atomic mass is 32.2. The number of halogens is 2. The second-order valence-corrected chi connectivity index (χ2v) is 6.61. The summed E-state index contributed by atoms with van der Waals surface area (Å²) in [6.45, 7) is 3.89. The maximum Gasteiger partial charge on any atom is 0.284 e. The number of furan rings is 1. The molecule has 0 unspecified atom stereocenters. The second-order valence-electron chi connectivity index (χ2n) is 5.64. The van der Waals surface area contributed by atoms with Gasteiger partial charge in [0, 0.05) is 19.7 Å². The van der Waals surface area contributed by atoms with Gasteiger partial charge in [0.25, 0.3) is 5.76 Å². The Morgan fingerprint density at radius 3 is 2.77 bits per heavy atom.